The molecule has 5 heteroatoms. The van der Waals surface area contributed by atoms with E-state index in [4.69, 9.17) is 5.73 Å². The van der Waals surface area contributed by atoms with Crippen molar-refractivity contribution in [2.75, 3.05) is 6.54 Å². The lowest BCUT2D eigenvalue weighted by atomic mass is 10.1. The number of hydrogen-bond acceptors (Lipinski definition) is 3. The van der Waals surface area contributed by atoms with E-state index in [1.54, 1.807) is 0 Å². The molecule has 0 radical (unpaired) electrons. The third-order valence-electron chi connectivity index (χ3n) is 3.17. The summed E-state index contributed by atoms with van der Waals surface area (Å²) in [5, 5.41) is 0. The molecule has 0 unspecified atom stereocenters. The van der Waals surface area contributed by atoms with Crippen molar-refractivity contribution < 1.29 is 8.78 Å². The van der Waals surface area contributed by atoms with Gasteiger partial charge in [0, 0.05) is 23.0 Å². The molecule has 1 aromatic heterocycles. The molecule has 0 aliphatic carbocycles. The van der Waals surface area contributed by atoms with E-state index in [-0.39, 0.29) is 0 Å². The first-order chi connectivity index (χ1) is 9.51. The Morgan fingerprint density at radius 3 is 2.05 bits per heavy atom. The predicted molar refractivity (Wildman–Crippen MR) is 74.2 cm³/mol. The molecule has 1 aromatic carbocycles. The van der Waals surface area contributed by atoms with Gasteiger partial charge in [0.1, 0.15) is 11.6 Å². The van der Waals surface area contributed by atoms with Gasteiger partial charge in [-0.25, -0.2) is 18.7 Å². The van der Waals surface area contributed by atoms with E-state index in [1.807, 2.05) is 13.8 Å². The maximum Gasteiger partial charge on any atom is 0.159 e. The molecule has 2 rings (SSSR count). The highest BCUT2D eigenvalue weighted by Crippen LogP contribution is 2.21. The number of nitrogens with zero attached hydrogens (tertiary/aromatic N) is 2. The zero-order chi connectivity index (χ0) is 14.7. The topological polar surface area (TPSA) is 51.8 Å². The van der Waals surface area contributed by atoms with Gasteiger partial charge in [0.15, 0.2) is 5.82 Å². The van der Waals surface area contributed by atoms with Gasteiger partial charge in [0.05, 0.1) is 0 Å². The molecule has 0 saturated carbocycles. The average Bonchev–Trinajstić information content (AvgIpc) is 2.36. The Labute approximate surface area is 116 Å². The monoisotopic (exact) mass is 277 g/mol. The van der Waals surface area contributed by atoms with E-state index in [1.165, 1.54) is 12.1 Å². The van der Waals surface area contributed by atoms with E-state index in [0.717, 1.165) is 35.9 Å². The molecule has 0 saturated heterocycles. The van der Waals surface area contributed by atoms with Crippen LogP contribution in [0.15, 0.2) is 18.2 Å². The van der Waals surface area contributed by atoms with E-state index < -0.39 is 11.6 Å². The minimum absolute atomic E-state index is 0.342. The Balaban J connectivity index is 2.43. The summed E-state index contributed by atoms with van der Waals surface area (Å²) >= 11 is 0. The normalized spacial score (nSPS) is 10.8. The van der Waals surface area contributed by atoms with Crippen LogP contribution in [0.1, 0.15) is 23.4 Å². The fourth-order valence-corrected chi connectivity index (χ4v) is 2.19. The number of hydrogen-bond donors (Lipinski definition) is 1. The molecule has 1 heterocycles. The second-order valence-corrected chi connectivity index (χ2v) is 4.75. The molecule has 0 aliphatic rings. The SMILES string of the molecule is Cc1nc(-c2cc(F)cc(F)c2)nc(C)c1CCCN. The van der Waals surface area contributed by atoms with Crippen molar-refractivity contribution in [2.45, 2.75) is 26.7 Å². The number of nitrogens with two attached hydrogens (primary N) is 1. The number of halogens is 2. The summed E-state index contributed by atoms with van der Waals surface area (Å²) < 4.78 is 26.5. The molecular formula is C15H17F2N3. The van der Waals surface area contributed by atoms with Crippen LogP contribution in [0.5, 0.6) is 0 Å². The van der Waals surface area contributed by atoms with Gasteiger partial charge in [-0.3, -0.25) is 0 Å². The first-order valence-corrected chi connectivity index (χ1v) is 6.52. The van der Waals surface area contributed by atoms with Crippen LogP contribution in [0.2, 0.25) is 0 Å². The molecule has 0 aliphatic heterocycles. The summed E-state index contributed by atoms with van der Waals surface area (Å²) in [7, 11) is 0. The summed E-state index contributed by atoms with van der Waals surface area (Å²) in [6, 6.07) is 3.30. The largest absolute Gasteiger partial charge is 0.330 e. The lowest BCUT2D eigenvalue weighted by molar-refractivity contribution is 0.584. The van der Waals surface area contributed by atoms with Crippen LogP contribution in [0, 0.1) is 25.5 Å². The molecule has 2 aromatic rings. The highest BCUT2D eigenvalue weighted by atomic mass is 19.1. The summed E-state index contributed by atoms with van der Waals surface area (Å²) in [5.41, 5.74) is 8.55. The molecule has 2 N–H and O–H groups in total. The minimum Gasteiger partial charge on any atom is -0.330 e. The smallest absolute Gasteiger partial charge is 0.159 e. The molecule has 106 valence electrons. The maximum absolute atomic E-state index is 13.3. The van der Waals surface area contributed by atoms with Gasteiger partial charge in [-0.05, 0) is 50.9 Å². The summed E-state index contributed by atoms with van der Waals surface area (Å²) in [4.78, 5) is 8.71. The fourth-order valence-electron chi connectivity index (χ4n) is 2.19. The van der Waals surface area contributed by atoms with E-state index in [0.29, 0.717) is 17.9 Å². The van der Waals surface area contributed by atoms with E-state index in [2.05, 4.69) is 9.97 Å². The zero-order valence-electron chi connectivity index (χ0n) is 11.6. The Kier molecular flexibility index (Phi) is 4.39. The fraction of sp³-hybridized carbons (Fsp3) is 0.333. The van der Waals surface area contributed by atoms with Crippen LogP contribution in [0.25, 0.3) is 11.4 Å². The molecular weight excluding hydrogens is 260 g/mol. The van der Waals surface area contributed by atoms with Gasteiger partial charge in [-0.1, -0.05) is 0 Å². The van der Waals surface area contributed by atoms with Gasteiger partial charge >= 0.3 is 0 Å². The highest BCUT2D eigenvalue weighted by molar-refractivity contribution is 5.56. The minimum atomic E-state index is -0.633. The van der Waals surface area contributed by atoms with E-state index in [9.17, 15) is 8.78 Å². The van der Waals surface area contributed by atoms with Crippen LogP contribution in [0.3, 0.4) is 0 Å². The van der Waals surface area contributed by atoms with Crippen molar-refractivity contribution in [2.24, 2.45) is 5.73 Å². The van der Waals surface area contributed by atoms with Crippen LogP contribution < -0.4 is 5.73 Å². The molecule has 3 nitrogen and oxygen atoms in total. The second kappa shape index (κ2) is 6.05. The van der Waals surface area contributed by atoms with Gasteiger partial charge in [0.25, 0.3) is 0 Å². The molecule has 0 bridgehead atoms. The quantitative estimate of drug-likeness (QED) is 0.934. The predicted octanol–water partition coefficient (Wildman–Crippen LogP) is 2.93. The van der Waals surface area contributed by atoms with Gasteiger partial charge in [-0.2, -0.15) is 0 Å². The van der Waals surface area contributed by atoms with Crippen LogP contribution in [-0.4, -0.2) is 16.5 Å². The standard InChI is InChI=1S/C15H17F2N3/c1-9-14(4-3-5-18)10(2)20-15(19-9)11-6-12(16)8-13(17)7-11/h6-8H,3-5,18H2,1-2H3. The first kappa shape index (κ1) is 14.5. The number of benzene rings is 1. The van der Waals surface area contributed by atoms with Crippen LogP contribution in [0.4, 0.5) is 8.78 Å². The van der Waals surface area contributed by atoms with Crippen LogP contribution in [-0.2, 0) is 6.42 Å². The zero-order valence-corrected chi connectivity index (χ0v) is 11.6. The highest BCUT2D eigenvalue weighted by Gasteiger charge is 2.11. The lowest BCUT2D eigenvalue weighted by Crippen LogP contribution is -2.06. The summed E-state index contributed by atoms with van der Waals surface area (Å²) in [6.45, 7) is 4.36. The number of aryl methyl sites for hydroxylation is 2. The lowest BCUT2D eigenvalue weighted by Gasteiger charge is -2.10. The summed E-state index contributed by atoms with van der Waals surface area (Å²) in [6.07, 6.45) is 1.67. The molecule has 0 amide bonds. The van der Waals surface area contributed by atoms with Crippen molar-refractivity contribution in [1.29, 1.82) is 0 Å². The Bertz CT molecular complexity index is 583. The number of aromatic nitrogens is 2. The second-order valence-electron chi connectivity index (χ2n) is 4.75. The van der Waals surface area contributed by atoms with E-state index >= 15 is 0 Å². The van der Waals surface area contributed by atoms with Gasteiger partial charge < -0.3 is 5.73 Å². The third-order valence-corrected chi connectivity index (χ3v) is 3.17. The summed E-state index contributed by atoms with van der Waals surface area (Å²) in [5.74, 6) is -0.924. The Hall–Kier alpha value is -1.88. The molecule has 0 atom stereocenters. The molecule has 20 heavy (non-hydrogen) atoms. The van der Waals surface area contributed by atoms with Crippen molar-refractivity contribution in [3.05, 3.63) is 46.8 Å². The van der Waals surface area contributed by atoms with Gasteiger partial charge in [-0.15, -0.1) is 0 Å². The Morgan fingerprint density at radius 2 is 1.55 bits per heavy atom. The van der Waals surface area contributed by atoms with Crippen LogP contribution >= 0.6 is 0 Å². The Morgan fingerprint density at radius 1 is 1.00 bits per heavy atom. The molecule has 0 fully saturated rings. The average molecular weight is 277 g/mol. The van der Waals surface area contributed by atoms with Crippen molar-refractivity contribution >= 4 is 0 Å². The van der Waals surface area contributed by atoms with Crippen molar-refractivity contribution in [3.8, 4) is 11.4 Å². The first-order valence-electron chi connectivity index (χ1n) is 6.52. The van der Waals surface area contributed by atoms with Gasteiger partial charge in [0.2, 0.25) is 0 Å². The maximum atomic E-state index is 13.3. The number of rotatable bonds is 4. The molecule has 0 spiro atoms. The van der Waals surface area contributed by atoms with Crippen molar-refractivity contribution in [1.82, 2.24) is 9.97 Å². The third kappa shape index (κ3) is 3.17. The van der Waals surface area contributed by atoms with Crippen molar-refractivity contribution in [3.63, 3.8) is 0 Å².